The van der Waals surface area contributed by atoms with Crippen molar-refractivity contribution in [2.24, 2.45) is 15.3 Å². The molecule has 0 saturated carbocycles. The summed E-state index contributed by atoms with van der Waals surface area (Å²) in [5.41, 5.74) is 6.09. The Morgan fingerprint density at radius 1 is 0.966 bits per heavy atom. The minimum absolute atomic E-state index is 0.0274. The zero-order chi connectivity index (χ0) is 20.5. The van der Waals surface area contributed by atoms with Gasteiger partial charge in [-0.3, -0.25) is 4.79 Å². The first-order valence-corrected chi connectivity index (χ1v) is 9.02. The summed E-state index contributed by atoms with van der Waals surface area (Å²) in [7, 11) is 0. The van der Waals surface area contributed by atoms with Crippen LogP contribution in [0.4, 0.5) is 17.1 Å². The molecule has 3 aromatic carbocycles. The highest BCUT2D eigenvalue weighted by molar-refractivity contribution is 5.87. The summed E-state index contributed by atoms with van der Waals surface area (Å²) >= 11 is 0. The van der Waals surface area contributed by atoms with Crippen molar-refractivity contribution in [3.05, 3.63) is 83.9 Å². The van der Waals surface area contributed by atoms with E-state index in [4.69, 9.17) is 0 Å². The molecule has 0 fully saturated rings. The Morgan fingerprint density at radius 2 is 1.76 bits per heavy atom. The lowest BCUT2D eigenvalue weighted by Crippen LogP contribution is -2.25. The maximum absolute atomic E-state index is 11.9. The molecule has 0 saturated heterocycles. The number of carbonyl (C=O) groups is 1. The van der Waals surface area contributed by atoms with Crippen LogP contribution < -0.4 is 10.7 Å². The van der Waals surface area contributed by atoms with Crippen LogP contribution in [0.2, 0.25) is 0 Å². The Kier molecular flexibility index (Phi) is 6.67. The van der Waals surface area contributed by atoms with Gasteiger partial charge in [0.05, 0.1) is 24.1 Å². The average molecular weight is 387 g/mol. The largest absolute Gasteiger partial charge is 0.507 e. The summed E-state index contributed by atoms with van der Waals surface area (Å²) in [6, 6.07) is 21.8. The Hall–Kier alpha value is -4.00. The first kappa shape index (κ1) is 19.8. The summed E-state index contributed by atoms with van der Waals surface area (Å²) in [6.07, 6.45) is 1.36. The van der Waals surface area contributed by atoms with Crippen molar-refractivity contribution in [1.29, 1.82) is 0 Å². The van der Waals surface area contributed by atoms with E-state index in [0.717, 1.165) is 16.9 Å². The lowest BCUT2D eigenvalue weighted by atomic mass is 10.2. The SMILES string of the molecule is Cc1cccc(NCC(=O)N/N=C/c2cc(N=Nc3ccccc3)ccc2O)c1. The first-order chi connectivity index (χ1) is 14.1. The van der Waals surface area contributed by atoms with Crippen LogP contribution in [0.5, 0.6) is 5.75 Å². The Balaban J connectivity index is 1.56. The minimum atomic E-state index is -0.304. The molecule has 0 spiro atoms. The molecule has 0 aromatic heterocycles. The van der Waals surface area contributed by atoms with Gasteiger partial charge < -0.3 is 10.4 Å². The first-order valence-electron chi connectivity index (χ1n) is 9.02. The molecule has 0 atom stereocenters. The number of carbonyl (C=O) groups excluding carboxylic acids is 1. The molecule has 7 nitrogen and oxygen atoms in total. The highest BCUT2D eigenvalue weighted by Gasteiger charge is 2.02. The van der Waals surface area contributed by atoms with Gasteiger partial charge >= 0.3 is 0 Å². The van der Waals surface area contributed by atoms with Crippen LogP contribution in [0, 0.1) is 6.92 Å². The summed E-state index contributed by atoms with van der Waals surface area (Å²) < 4.78 is 0. The van der Waals surface area contributed by atoms with E-state index in [0.29, 0.717) is 11.3 Å². The monoisotopic (exact) mass is 387 g/mol. The molecule has 146 valence electrons. The molecule has 1 amide bonds. The molecule has 3 rings (SSSR count). The van der Waals surface area contributed by atoms with Gasteiger partial charge in [-0.1, -0.05) is 30.3 Å². The number of anilines is 1. The number of hydrogen-bond acceptors (Lipinski definition) is 6. The van der Waals surface area contributed by atoms with E-state index in [1.54, 1.807) is 12.1 Å². The quantitative estimate of drug-likeness (QED) is 0.312. The molecule has 3 N–H and O–H groups in total. The van der Waals surface area contributed by atoms with Gasteiger partial charge in [0.25, 0.3) is 5.91 Å². The maximum Gasteiger partial charge on any atom is 0.259 e. The van der Waals surface area contributed by atoms with E-state index in [9.17, 15) is 9.90 Å². The lowest BCUT2D eigenvalue weighted by molar-refractivity contribution is -0.119. The Labute approximate surface area is 168 Å². The smallest absolute Gasteiger partial charge is 0.259 e. The number of hydrazone groups is 1. The van der Waals surface area contributed by atoms with Gasteiger partial charge in [0.1, 0.15) is 5.75 Å². The van der Waals surface area contributed by atoms with Crippen molar-refractivity contribution < 1.29 is 9.90 Å². The maximum atomic E-state index is 11.9. The zero-order valence-electron chi connectivity index (χ0n) is 15.9. The van der Waals surface area contributed by atoms with Gasteiger partial charge in [-0.05, 0) is 55.0 Å². The topological polar surface area (TPSA) is 98.4 Å². The van der Waals surface area contributed by atoms with Crippen LogP contribution in [0.15, 0.2) is 88.1 Å². The number of nitrogens with zero attached hydrogens (tertiary/aromatic N) is 3. The molecule has 0 radical (unpaired) electrons. The third kappa shape index (κ3) is 6.28. The fourth-order valence-electron chi connectivity index (χ4n) is 2.47. The molecule has 29 heavy (non-hydrogen) atoms. The number of aromatic hydroxyl groups is 1. The summed E-state index contributed by atoms with van der Waals surface area (Å²) in [4.78, 5) is 11.9. The zero-order valence-corrected chi connectivity index (χ0v) is 15.9. The highest BCUT2D eigenvalue weighted by Crippen LogP contribution is 2.23. The lowest BCUT2D eigenvalue weighted by Gasteiger charge is -2.06. The van der Waals surface area contributed by atoms with Crippen LogP contribution in [-0.4, -0.2) is 23.8 Å². The molecular weight excluding hydrogens is 366 g/mol. The molecule has 0 unspecified atom stereocenters. The number of azo groups is 1. The highest BCUT2D eigenvalue weighted by atomic mass is 16.3. The van der Waals surface area contributed by atoms with E-state index in [2.05, 4.69) is 26.1 Å². The van der Waals surface area contributed by atoms with E-state index >= 15 is 0 Å². The van der Waals surface area contributed by atoms with E-state index in [1.165, 1.54) is 12.3 Å². The standard InChI is InChI=1S/C22H21N5O2/c1-16-6-5-9-19(12-16)23-15-22(29)27-24-14-17-13-20(10-11-21(17)28)26-25-18-7-3-2-4-8-18/h2-14,23,28H,15H2,1H3,(H,27,29)/b24-14+,26-25?. The van der Waals surface area contributed by atoms with Gasteiger partial charge in [0, 0.05) is 11.3 Å². The summed E-state index contributed by atoms with van der Waals surface area (Å²) in [5.74, 6) is -0.276. The van der Waals surface area contributed by atoms with Gasteiger partial charge in [-0.25, -0.2) is 5.43 Å². The summed E-state index contributed by atoms with van der Waals surface area (Å²) in [6.45, 7) is 2.06. The van der Waals surface area contributed by atoms with E-state index < -0.39 is 0 Å². The van der Waals surface area contributed by atoms with Crippen molar-refractivity contribution >= 4 is 29.2 Å². The van der Waals surface area contributed by atoms with Crippen molar-refractivity contribution in [3.8, 4) is 5.75 Å². The second-order valence-electron chi connectivity index (χ2n) is 6.29. The second kappa shape index (κ2) is 9.80. The number of rotatable bonds is 7. The predicted molar refractivity (Wildman–Crippen MR) is 114 cm³/mol. The number of nitrogens with one attached hydrogen (secondary N) is 2. The molecule has 3 aromatic rings. The van der Waals surface area contributed by atoms with Crippen molar-refractivity contribution in [1.82, 2.24) is 5.43 Å². The molecule has 0 bridgehead atoms. The fourth-order valence-corrected chi connectivity index (χ4v) is 2.47. The second-order valence-corrected chi connectivity index (χ2v) is 6.29. The van der Waals surface area contributed by atoms with Gasteiger partial charge in [-0.2, -0.15) is 15.3 Å². The summed E-state index contributed by atoms with van der Waals surface area (Å²) in [5, 5.41) is 25.2. The number of phenolic OH excluding ortho intramolecular Hbond substituents is 1. The third-order valence-electron chi connectivity index (χ3n) is 3.91. The normalized spacial score (nSPS) is 11.1. The van der Waals surface area contributed by atoms with Crippen molar-refractivity contribution in [3.63, 3.8) is 0 Å². The molecule has 0 aliphatic rings. The Bertz CT molecular complexity index is 1030. The van der Waals surface area contributed by atoms with Gasteiger partial charge in [0.2, 0.25) is 0 Å². The number of amides is 1. The number of hydrogen-bond donors (Lipinski definition) is 3. The number of benzene rings is 3. The van der Waals surface area contributed by atoms with Crippen LogP contribution in [0.3, 0.4) is 0 Å². The van der Waals surface area contributed by atoms with Gasteiger partial charge in [-0.15, -0.1) is 0 Å². The molecule has 0 aliphatic heterocycles. The Morgan fingerprint density at radius 3 is 2.55 bits per heavy atom. The van der Waals surface area contributed by atoms with Gasteiger partial charge in [0.15, 0.2) is 0 Å². The molecular formula is C22H21N5O2. The van der Waals surface area contributed by atoms with Crippen LogP contribution in [0.1, 0.15) is 11.1 Å². The van der Waals surface area contributed by atoms with E-state index in [-0.39, 0.29) is 18.2 Å². The number of aryl methyl sites for hydroxylation is 1. The molecule has 0 heterocycles. The van der Waals surface area contributed by atoms with Crippen molar-refractivity contribution in [2.45, 2.75) is 6.92 Å². The van der Waals surface area contributed by atoms with Crippen molar-refractivity contribution in [2.75, 3.05) is 11.9 Å². The van der Waals surface area contributed by atoms with Crippen LogP contribution in [0.25, 0.3) is 0 Å². The fraction of sp³-hybridized carbons (Fsp3) is 0.0909. The van der Waals surface area contributed by atoms with E-state index in [1.807, 2.05) is 61.5 Å². The number of phenols is 1. The average Bonchev–Trinajstić information content (AvgIpc) is 2.73. The predicted octanol–water partition coefficient (Wildman–Crippen LogP) is 4.68. The van der Waals surface area contributed by atoms with Crippen LogP contribution in [-0.2, 0) is 4.79 Å². The van der Waals surface area contributed by atoms with Crippen LogP contribution >= 0.6 is 0 Å². The minimum Gasteiger partial charge on any atom is -0.507 e. The third-order valence-corrected chi connectivity index (χ3v) is 3.91. The molecule has 7 heteroatoms. The molecule has 0 aliphatic carbocycles.